The Kier molecular flexibility index (Phi) is 2.86. The van der Waals surface area contributed by atoms with Gasteiger partial charge in [-0.3, -0.25) is 0 Å². The number of anilines is 1. The number of aromatic nitrogens is 2. The van der Waals surface area contributed by atoms with Gasteiger partial charge >= 0.3 is 0 Å². The van der Waals surface area contributed by atoms with Gasteiger partial charge in [-0.1, -0.05) is 6.92 Å². The predicted octanol–water partition coefficient (Wildman–Crippen LogP) is 3.52. The largest absolute Gasteiger partial charge is 0.458 e. The number of nitrogens with zero attached hydrogens (tertiary/aromatic N) is 2. The van der Waals surface area contributed by atoms with E-state index in [2.05, 4.69) is 32.8 Å². The fourth-order valence-corrected chi connectivity index (χ4v) is 2.41. The summed E-state index contributed by atoms with van der Waals surface area (Å²) < 4.78 is 6.50. The molecule has 0 amide bonds. The summed E-state index contributed by atoms with van der Waals surface area (Å²) in [6, 6.07) is 3.85. The van der Waals surface area contributed by atoms with Gasteiger partial charge in [-0.05, 0) is 40.9 Å². The number of nitrogen functional groups attached to an aromatic ring is 1. The molecule has 1 aliphatic rings. The lowest BCUT2D eigenvalue weighted by Gasteiger charge is -2.06. The molecule has 0 radical (unpaired) electrons. The lowest BCUT2D eigenvalue weighted by molar-refractivity contribution is 0.525. The van der Waals surface area contributed by atoms with Gasteiger partial charge in [0.05, 0.1) is 10.2 Å². The zero-order valence-corrected chi connectivity index (χ0v) is 11.7. The van der Waals surface area contributed by atoms with E-state index >= 15 is 0 Å². The van der Waals surface area contributed by atoms with Crippen molar-refractivity contribution in [1.29, 1.82) is 0 Å². The lowest BCUT2D eigenvalue weighted by atomic mass is 10.2. The van der Waals surface area contributed by atoms with Crippen LogP contribution >= 0.6 is 15.9 Å². The topological polar surface area (TPSA) is 64.9 Å². The molecule has 2 N–H and O–H groups in total. The SMILES string of the molecule is CCc1ccc(-c2nc(N)c(Br)c(C3CC3)n2)o1. The normalized spacial score (nSPS) is 15.0. The predicted molar refractivity (Wildman–Crippen MR) is 73.2 cm³/mol. The molecule has 2 aromatic heterocycles. The Morgan fingerprint density at radius 1 is 1.39 bits per heavy atom. The number of furan rings is 1. The van der Waals surface area contributed by atoms with Crippen LogP contribution in [0.15, 0.2) is 21.0 Å². The highest BCUT2D eigenvalue weighted by Gasteiger charge is 2.29. The van der Waals surface area contributed by atoms with Gasteiger partial charge in [-0.15, -0.1) is 0 Å². The maximum absolute atomic E-state index is 5.92. The van der Waals surface area contributed by atoms with Gasteiger partial charge in [0.2, 0.25) is 0 Å². The minimum absolute atomic E-state index is 0.483. The molecule has 0 unspecified atom stereocenters. The first-order valence-electron chi connectivity index (χ1n) is 6.11. The number of halogens is 1. The molecule has 0 aromatic carbocycles. The first-order chi connectivity index (χ1) is 8.69. The maximum atomic E-state index is 5.92. The van der Waals surface area contributed by atoms with Crippen molar-refractivity contribution in [1.82, 2.24) is 9.97 Å². The molecule has 94 valence electrons. The second-order valence-electron chi connectivity index (χ2n) is 4.53. The van der Waals surface area contributed by atoms with Gasteiger partial charge in [0.1, 0.15) is 11.6 Å². The van der Waals surface area contributed by atoms with Crippen molar-refractivity contribution in [2.75, 3.05) is 5.73 Å². The summed E-state index contributed by atoms with van der Waals surface area (Å²) in [5, 5.41) is 0. The highest BCUT2D eigenvalue weighted by Crippen LogP contribution is 2.44. The fraction of sp³-hybridized carbons (Fsp3) is 0.385. The molecule has 0 spiro atoms. The van der Waals surface area contributed by atoms with Gasteiger partial charge in [0.15, 0.2) is 11.6 Å². The first-order valence-corrected chi connectivity index (χ1v) is 6.90. The van der Waals surface area contributed by atoms with Gasteiger partial charge in [0.25, 0.3) is 0 Å². The highest BCUT2D eigenvalue weighted by molar-refractivity contribution is 9.10. The number of hydrogen-bond acceptors (Lipinski definition) is 4. The summed E-state index contributed by atoms with van der Waals surface area (Å²) in [4.78, 5) is 8.87. The molecule has 18 heavy (non-hydrogen) atoms. The van der Waals surface area contributed by atoms with Crippen LogP contribution in [0.1, 0.15) is 37.1 Å². The molecule has 1 fully saturated rings. The van der Waals surface area contributed by atoms with E-state index in [1.165, 1.54) is 12.8 Å². The molecular formula is C13H14BrN3O. The van der Waals surface area contributed by atoms with Crippen LogP contribution in [0.3, 0.4) is 0 Å². The molecule has 0 saturated heterocycles. The summed E-state index contributed by atoms with van der Waals surface area (Å²) >= 11 is 3.47. The van der Waals surface area contributed by atoms with E-state index in [9.17, 15) is 0 Å². The van der Waals surface area contributed by atoms with E-state index in [1.807, 2.05) is 12.1 Å². The summed E-state index contributed by atoms with van der Waals surface area (Å²) in [5.74, 6) is 3.20. The summed E-state index contributed by atoms with van der Waals surface area (Å²) in [6.45, 7) is 2.05. The minimum atomic E-state index is 0.483. The third-order valence-electron chi connectivity index (χ3n) is 3.10. The molecule has 0 aliphatic heterocycles. The molecule has 2 heterocycles. The van der Waals surface area contributed by atoms with E-state index in [0.29, 0.717) is 23.3 Å². The van der Waals surface area contributed by atoms with Crippen LogP contribution in [-0.4, -0.2) is 9.97 Å². The summed E-state index contributed by atoms with van der Waals surface area (Å²) in [6.07, 6.45) is 3.21. The fourth-order valence-electron chi connectivity index (χ4n) is 1.91. The van der Waals surface area contributed by atoms with Crippen LogP contribution in [0.2, 0.25) is 0 Å². The summed E-state index contributed by atoms with van der Waals surface area (Å²) in [5.41, 5.74) is 6.93. The van der Waals surface area contributed by atoms with Crippen LogP contribution in [0.5, 0.6) is 0 Å². The van der Waals surface area contributed by atoms with Crippen molar-refractivity contribution in [3.05, 3.63) is 28.1 Å². The average molecular weight is 308 g/mol. The molecule has 5 heteroatoms. The lowest BCUT2D eigenvalue weighted by Crippen LogP contribution is -2.01. The molecule has 0 bridgehead atoms. The smallest absolute Gasteiger partial charge is 0.197 e. The summed E-state index contributed by atoms with van der Waals surface area (Å²) in [7, 11) is 0. The number of nitrogens with two attached hydrogens (primary N) is 1. The van der Waals surface area contributed by atoms with E-state index < -0.39 is 0 Å². The standard InChI is InChI=1S/C13H14BrN3O/c1-2-8-5-6-9(18-8)13-16-11(7-3-4-7)10(14)12(15)17-13/h5-7H,2-4H2,1H3,(H2,15,16,17). The van der Waals surface area contributed by atoms with E-state index in [0.717, 1.165) is 22.3 Å². The monoisotopic (exact) mass is 307 g/mol. The Hall–Kier alpha value is -1.36. The van der Waals surface area contributed by atoms with Crippen molar-refractivity contribution < 1.29 is 4.42 Å². The van der Waals surface area contributed by atoms with Crippen LogP contribution < -0.4 is 5.73 Å². The Bertz CT molecular complexity index is 590. The van der Waals surface area contributed by atoms with Crippen LogP contribution in [0, 0.1) is 0 Å². The second kappa shape index (κ2) is 4.39. The zero-order valence-electron chi connectivity index (χ0n) is 10.1. The third-order valence-corrected chi connectivity index (χ3v) is 3.91. The van der Waals surface area contributed by atoms with Crippen LogP contribution in [0.4, 0.5) is 5.82 Å². The van der Waals surface area contributed by atoms with Crippen molar-refractivity contribution >= 4 is 21.7 Å². The quantitative estimate of drug-likeness (QED) is 0.942. The van der Waals surface area contributed by atoms with E-state index in [4.69, 9.17) is 10.2 Å². The molecule has 2 aromatic rings. The average Bonchev–Trinajstić information content (AvgIpc) is 3.09. The number of rotatable bonds is 3. The Morgan fingerprint density at radius 3 is 2.78 bits per heavy atom. The molecule has 4 nitrogen and oxygen atoms in total. The second-order valence-corrected chi connectivity index (χ2v) is 5.32. The van der Waals surface area contributed by atoms with Crippen LogP contribution in [0.25, 0.3) is 11.6 Å². The van der Waals surface area contributed by atoms with E-state index in [-0.39, 0.29) is 0 Å². The molecule has 1 aliphatic carbocycles. The third kappa shape index (κ3) is 2.03. The minimum Gasteiger partial charge on any atom is -0.458 e. The zero-order chi connectivity index (χ0) is 12.7. The van der Waals surface area contributed by atoms with Crippen molar-refractivity contribution in [2.45, 2.75) is 32.1 Å². The number of hydrogen-bond donors (Lipinski definition) is 1. The Morgan fingerprint density at radius 2 is 2.17 bits per heavy atom. The molecule has 0 atom stereocenters. The van der Waals surface area contributed by atoms with Gasteiger partial charge in [-0.25, -0.2) is 9.97 Å². The maximum Gasteiger partial charge on any atom is 0.197 e. The first kappa shape index (κ1) is 11.7. The van der Waals surface area contributed by atoms with Crippen molar-refractivity contribution in [2.24, 2.45) is 0 Å². The van der Waals surface area contributed by atoms with E-state index in [1.54, 1.807) is 0 Å². The van der Waals surface area contributed by atoms with Gasteiger partial charge in [-0.2, -0.15) is 0 Å². The molecular weight excluding hydrogens is 294 g/mol. The van der Waals surface area contributed by atoms with Crippen LogP contribution in [-0.2, 0) is 6.42 Å². The number of aryl methyl sites for hydroxylation is 1. The van der Waals surface area contributed by atoms with Gasteiger partial charge < -0.3 is 10.2 Å². The van der Waals surface area contributed by atoms with Crippen molar-refractivity contribution in [3.8, 4) is 11.6 Å². The van der Waals surface area contributed by atoms with Crippen molar-refractivity contribution in [3.63, 3.8) is 0 Å². The molecule has 1 saturated carbocycles. The van der Waals surface area contributed by atoms with Gasteiger partial charge in [0, 0.05) is 12.3 Å². The highest BCUT2D eigenvalue weighted by atomic mass is 79.9. The Labute approximate surface area is 114 Å². The Balaban J connectivity index is 2.06. The molecule has 3 rings (SSSR count).